The Morgan fingerprint density at radius 1 is 1.22 bits per heavy atom. The summed E-state index contributed by atoms with van der Waals surface area (Å²) in [6.45, 7) is 5.82. The number of aromatic nitrogens is 1. The van der Waals surface area contributed by atoms with E-state index in [4.69, 9.17) is 4.74 Å². The van der Waals surface area contributed by atoms with Crippen LogP contribution < -0.4 is 15.5 Å². The lowest BCUT2D eigenvalue weighted by Gasteiger charge is -2.36. The van der Waals surface area contributed by atoms with Crippen molar-refractivity contribution in [2.24, 2.45) is 0 Å². The summed E-state index contributed by atoms with van der Waals surface area (Å²) in [5, 5.41) is 4.88. The number of nitrogens with one attached hydrogen (secondary N) is 2. The summed E-state index contributed by atoms with van der Waals surface area (Å²) < 4.78 is 32.4. The number of morpholine rings is 1. The lowest BCUT2D eigenvalue weighted by Crippen LogP contribution is -2.45. The molecule has 1 saturated heterocycles. The van der Waals surface area contributed by atoms with E-state index >= 15 is 0 Å². The summed E-state index contributed by atoms with van der Waals surface area (Å²) in [4.78, 5) is 18.5. The topological polar surface area (TPSA) is 66.5 Å². The molecule has 8 heteroatoms. The molecule has 1 fully saturated rings. The number of amides is 2. The Morgan fingerprint density at radius 3 is 2.63 bits per heavy atom. The normalized spacial score (nSPS) is 19.6. The van der Waals surface area contributed by atoms with E-state index in [2.05, 4.69) is 20.5 Å². The van der Waals surface area contributed by atoms with Crippen molar-refractivity contribution in [1.29, 1.82) is 0 Å². The highest BCUT2D eigenvalue weighted by molar-refractivity contribution is 5.89. The number of ether oxygens (including phenoxy) is 1. The third-order valence-electron chi connectivity index (χ3n) is 4.21. The second kappa shape index (κ2) is 8.30. The van der Waals surface area contributed by atoms with Crippen LogP contribution >= 0.6 is 0 Å². The van der Waals surface area contributed by atoms with E-state index in [0.29, 0.717) is 0 Å². The fourth-order valence-electron chi connectivity index (χ4n) is 3.02. The van der Waals surface area contributed by atoms with Crippen LogP contribution in [-0.4, -0.2) is 36.3 Å². The lowest BCUT2D eigenvalue weighted by molar-refractivity contribution is -0.00546. The van der Waals surface area contributed by atoms with Crippen molar-refractivity contribution in [3.8, 4) is 0 Å². The molecule has 1 aliphatic heterocycles. The summed E-state index contributed by atoms with van der Waals surface area (Å²) in [6, 6.07) is 6.74. The molecule has 27 heavy (non-hydrogen) atoms. The van der Waals surface area contributed by atoms with Crippen molar-refractivity contribution in [3.63, 3.8) is 0 Å². The van der Waals surface area contributed by atoms with Gasteiger partial charge in [0.05, 0.1) is 17.9 Å². The first-order chi connectivity index (χ1) is 12.9. The molecule has 2 atom stereocenters. The molecule has 2 amide bonds. The summed E-state index contributed by atoms with van der Waals surface area (Å²) >= 11 is 0. The van der Waals surface area contributed by atoms with E-state index in [1.54, 1.807) is 6.20 Å². The Kier molecular flexibility index (Phi) is 5.85. The number of rotatable bonds is 4. The van der Waals surface area contributed by atoms with E-state index < -0.39 is 17.7 Å². The van der Waals surface area contributed by atoms with Gasteiger partial charge in [0.25, 0.3) is 0 Å². The number of benzene rings is 1. The molecule has 1 aliphatic rings. The number of carbonyl (C=O) groups is 1. The van der Waals surface area contributed by atoms with Gasteiger partial charge in [-0.15, -0.1) is 0 Å². The molecule has 0 spiro atoms. The zero-order chi connectivity index (χ0) is 19.4. The minimum absolute atomic E-state index is 0.142. The number of anilines is 2. The Balaban J connectivity index is 1.54. The number of urea groups is 1. The molecule has 1 aromatic carbocycles. The summed E-state index contributed by atoms with van der Waals surface area (Å²) in [6.07, 6.45) is 1.97. The van der Waals surface area contributed by atoms with E-state index in [-0.39, 0.29) is 24.4 Å². The highest BCUT2D eigenvalue weighted by Crippen LogP contribution is 2.19. The number of hydrogen-bond donors (Lipinski definition) is 2. The standard InChI is InChI=1S/C19H22F2N4O2/c1-12-10-25(11-13(2)27-12)17-7-6-14(8-22-17)9-23-19(26)24-16-5-3-4-15(20)18(16)21/h3-8,12-13H,9-11H2,1-2H3,(H2,23,24,26). The van der Waals surface area contributed by atoms with Gasteiger partial charge in [-0.3, -0.25) is 0 Å². The van der Waals surface area contributed by atoms with Crippen molar-refractivity contribution in [1.82, 2.24) is 10.3 Å². The molecule has 0 bridgehead atoms. The summed E-state index contributed by atoms with van der Waals surface area (Å²) in [5.41, 5.74) is 0.583. The van der Waals surface area contributed by atoms with Gasteiger partial charge < -0.3 is 20.3 Å². The Morgan fingerprint density at radius 2 is 1.96 bits per heavy atom. The van der Waals surface area contributed by atoms with E-state index in [1.807, 2.05) is 26.0 Å². The van der Waals surface area contributed by atoms with E-state index in [1.165, 1.54) is 12.1 Å². The molecule has 2 unspecified atom stereocenters. The fourth-order valence-corrected chi connectivity index (χ4v) is 3.02. The number of halogens is 2. The Hall–Kier alpha value is -2.74. The zero-order valence-electron chi connectivity index (χ0n) is 15.2. The van der Waals surface area contributed by atoms with Crippen molar-refractivity contribution in [3.05, 3.63) is 53.7 Å². The average Bonchev–Trinajstić information content (AvgIpc) is 2.63. The number of carbonyl (C=O) groups excluding carboxylic acids is 1. The first-order valence-electron chi connectivity index (χ1n) is 8.76. The van der Waals surface area contributed by atoms with E-state index in [9.17, 15) is 13.6 Å². The molecule has 2 aromatic rings. The second-order valence-corrected chi connectivity index (χ2v) is 6.60. The van der Waals surface area contributed by atoms with Crippen LogP contribution in [-0.2, 0) is 11.3 Å². The fraction of sp³-hybridized carbons (Fsp3) is 0.368. The van der Waals surface area contributed by atoms with Gasteiger partial charge in [0.2, 0.25) is 0 Å². The van der Waals surface area contributed by atoms with Crippen LogP contribution in [0.15, 0.2) is 36.5 Å². The van der Waals surface area contributed by atoms with Crippen molar-refractivity contribution in [2.45, 2.75) is 32.6 Å². The quantitative estimate of drug-likeness (QED) is 0.859. The molecular formula is C19H22F2N4O2. The highest BCUT2D eigenvalue weighted by atomic mass is 19.2. The van der Waals surface area contributed by atoms with Crippen LogP contribution in [0.5, 0.6) is 0 Å². The van der Waals surface area contributed by atoms with Crippen LogP contribution in [0.25, 0.3) is 0 Å². The van der Waals surface area contributed by atoms with E-state index in [0.717, 1.165) is 30.5 Å². The third-order valence-corrected chi connectivity index (χ3v) is 4.21. The van der Waals surface area contributed by atoms with Crippen LogP contribution in [0.2, 0.25) is 0 Å². The Bertz CT molecular complexity index is 791. The molecule has 1 aromatic heterocycles. The maximum Gasteiger partial charge on any atom is 0.319 e. The van der Waals surface area contributed by atoms with Gasteiger partial charge in [-0.1, -0.05) is 12.1 Å². The predicted molar refractivity (Wildman–Crippen MR) is 98.7 cm³/mol. The molecule has 0 radical (unpaired) electrons. The summed E-state index contributed by atoms with van der Waals surface area (Å²) in [5.74, 6) is -1.25. The van der Waals surface area contributed by atoms with Gasteiger partial charge in [-0.25, -0.2) is 18.6 Å². The maximum atomic E-state index is 13.6. The number of nitrogens with zero attached hydrogens (tertiary/aromatic N) is 2. The molecule has 144 valence electrons. The second-order valence-electron chi connectivity index (χ2n) is 6.60. The van der Waals surface area contributed by atoms with Crippen molar-refractivity contribution >= 4 is 17.5 Å². The number of pyridine rings is 1. The maximum absolute atomic E-state index is 13.6. The highest BCUT2D eigenvalue weighted by Gasteiger charge is 2.23. The average molecular weight is 376 g/mol. The molecule has 0 saturated carbocycles. The number of hydrogen-bond acceptors (Lipinski definition) is 4. The van der Waals surface area contributed by atoms with Crippen LogP contribution in [0.3, 0.4) is 0 Å². The van der Waals surface area contributed by atoms with Crippen LogP contribution in [0.1, 0.15) is 19.4 Å². The molecule has 2 N–H and O–H groups in total. The lowest BCUT2D eigenvalue weighted by atomic mass is 10.2. The van der Waals surface area contributed by atoms with Crippen molar-refractivity contribution in [2.75, 3.05) is 23.3 Å². The van der Waals surface area contributed by atoms with Crippen LogP contribution in [0, 0.1) is 11.6 Å². The van der Waals surface area contributed by atoms with Crippen molar-refractivity contribution < 1.29 is 18.3 Å². The monoisotopic (exact) mass is 376 g/mol. The van der Waals surface area contributed by atoms with Crippen LogP contribution in [0.4, 0.5) is 25.1 Å². The minimum atomic E-state index is -1.09. The molecular weight excluding hydrogens is 354 g/mol. The SMILES string of the molecule is CC1CN(c2ccc(CNC(=O)Nc3cccc(F)c3F)cn2)CC(C)O1. The van der Waals surface area contributed by atoms with Gasteiger partial charge in [0.1, 0.15) is 5.82 Å². The van der Waals surface area contributed by atoms with Gasteiger partial charge in [0.15, 0.2) is 11.6 Å². The smallest absolute Gasteiger partial charge is 0.319 e. The van der Waals surface area contributed by atoms with Gasteiger partial charge in [0, 0.05) is 25.8 Å². The van der Waals surface area contributed by atoms with Gasteiger partial charge >= 0.3 is 6.03 Å². The Labute approximate surface area is 156 Å². The molecule has 2 heterocycles. The molecule has 3 rings (SSSR count). The summed E-state index contributed by atoms with van der Waals surface area (Å²) in [7, 11) is 0. The molecule has 0 aliphatic carbocycles. The first kappa shape index (κ1) is 19.0. The largest absolute Gasteiger partial charge is 0.372 e. The zero-order valence-corrected chi connectivity index (χ0v) is 15.2. The third kappa shape index (κ3) is 4.91. The van der Waals surface area contributed by atoms with Gasteiger partial charge in [-0.05, 0) is 37.6 Å². The minimum Gasteiger partial charge on any atom is -0.372 e. The van der Waals surface area contributed by atoms with Gasteiger partial charge in [-0.2, -0.15) is 0 Å². The first-order valence-corrected chi connectivity index (χ1v) is 8.76. The molecule has 6 nitrogen and oxygen atoms in total. The predicted octanol–water partition coefficient (Wildman–Crippen LogP) is 3.30.